The van der Waals surface area contributed by atoms with Crippen LogP contribution in [-0.4, -0.2) is 24.5 Å². The van der Waals surface area contributed by atoms with E-state index in [1.807, 2.05) is 13.1 Å². The largest absolute Gasteiger partial charge is 0.450 e. The van der Waals surface area contributed by atoms with Gasteiger partial charge in [0.25, 0.3) is 0 Å². The summed E-state index contributed by atoms with van der Waals surface area (Å²) in [6.45, 7) is 0. The zero-order chi connectivity index (χ0) is 10.4. The van der Waals surface area contributed by atoms with Crippen LogP contribution in [0.4, 0.5) is 4.79 Å². The summed E-state index contributed by atoms with van der Waals surface area (Å²) in [5, 5.41) is 2.76. The van der Waals surface area contributed by atoms with Crippen LogP contribution in [0.2, 0.25) is 0 Å². The molecule has 4 heteroatoms. The van der Waals surface area contributed by atoms with Crippen LogP contribution in [0.15, 0.2) is 12.2 Å². The molecule has 0 radical (unpaired) electrons. The average molecular weight is 215 g/mol. The standard InChI is InChI=1S/C10H17NO2S/c1-11-8-4-2-6-9(7-3-5-8)13-10(12)14/h2,6,8-9,11H,3-5,7H2,1H3,(H,12,14)/b6-2+. The summed E-state index contributed by atoms with van der Waals surface area (Å²) in [4.78, 5) is 10.6. The zero-order valence-corrected chi connectivity index (χ0v) is 9.30. The summed E-state index contributed by atoms with van der Waals surface area (Å²) < 4.78 is 5.01. The molecule has 0 saturated carbocycles. The maximum absolute atomic E-state index is 10.6. The first-order valence-electron chi connectivity index (χ1n) is 4.96. The third kappa shape index (κ3) is 4.15. The van der Waals surface area contributed by atoms with Gasteiger partial charge in [0.2, 0.25) is 0 Å². The second kappa shape index (κ2) is 6.09. The number of ether oxygens (including phenoxy) is 1. The fourth-order valence-corrected chi connectivity index (χ4v) is 1.80. The fourth-order valence-electron chi connectivity index (χ4n) is 1.66. The quantitative estimate of drug-likeness (QED) is 0.421. The van der Waals surface area contributed by atoms with Crippen LogP contribution in [0.25, 0.3) is 0 Å². The first kappa shape index (κ1) is 11.6. The van der Waals surface area contributed by atoms with Crippen LogP contribution in [0.3, 0.4) is 0 Å². The zero-order valence-electron chi connectivity index (χ0n) is 8.40. The molecule has 1 N–H and O–H groups in total. The van der Waals surface area contributed by atoms with Crippen molar-refractivity contribution in [2.75, 3.05) is 7.05 Å². The number of carbonyl (C=O) groups is 1. The van der Waals surface area contributed by atoms with E-state index in [-0.39, 0.29) is 6.10 Å². The van der Waals surface area contributed by atoms with E-state index in [1.165, 1.54) is 0 Å². The van der Waals surface area contributed by atoms with E-state index in [9.17, 15) is 4.79 Å². The van der Waals surface area contributed by atoms with Crippen LogP contribution in [0, 0.1) is 0 Å². The molecule has 14 heavy (non-hydrogen) atoms. The van der Waals surface area contributed by atoms with Crippen molar-refractivity contribution < 1.29 is 9.53 Å². The first-order chi connectivity index (χ1) is 6.72. The Kier molecular flexibility index (Phi) is 5.04. The molecule has 3 nitrogen and oxygen atoms in total. The molecule has 1 aliphatic carbocycles. The Morgan fingerprint density at radius 2 is 2.36 bits per heavy atom. The van der Waals surface area contributed by atoms with Crippen LogP contribution >= 0.6 is 12.6 Å². The minimum absolute atomic E-state index is 0.0854. The molecule has 0 aromatic carbocycles. The summed E-state index contributed by atoms with van der Waals surface area (Å²) in [7, 11) is 1.98. The molecule has 0 spiro atoms. The summed E-state index contributed by atoms with van der Waals surface area (Å²) in [6, 6.07) is 0.555. The smallest absolute Gasteiger partial charge is 0.364 e. The normalized spacial score (nSPS) is 30.1. The van der Waals surface area contributed by atoms with E-state index in [1.54, 1.807) is 0 Å². The highest BCUT2D eigenvalue weighted by atomic mass is 32.1. The third-order valence-corrected chi connectivity index (χ3v) is 2.58. The lowest BCUT2D eigenvalue weighted by molar-refractivity contribution is 0.139. The van der Waals surface area contributed by atoms with Gasteiger partial charge in [0.1, 0.15) is 6.10 Å². The van der Waals surface area contributed by atoms with Gasteiger partial charge >= 0.3 is 5.30 Å². The van der Waals surface area contributed by atoms with Gasteiger partial charge in [-0.2, -0.15) is 0 Å². The van der Waals surface area contributed by atoms with Crippen molar-refractivity contribution in [1.82, 2.24) is 5.32 Å². The van der Waals surface area contributed by atoms with Gasteiger partial charge in [-0.3, -0.25) is 0 Å². The molecule has 0 aromatic heterocycles. The van der Waals surface area contributed by atoms with Crippen molar-refractivity contribution >= 4 is 17.9 Å². The number of thiol groups is 1. The minimum Gasteiger partial charge on any atom is -0.450 e. The highest BCUT2D eigenvalue weighted by Crippen LogP contribution is 2.15. The lowest BCUT2D eigenvalue weighted by Crippen LogP contribution is -2.26. The summed E-state index contributed by atoms with van der Waals surface area (Å²) >= 11 is 3.60. The Balaban J connectivity index is 2.42. The van der Waals surface area contributed by atoms with Crippen molar-refractivity contribution in [3.8, 4) is 0 Å². The van der Waals surface area contributed by atoms with Crippen molar-refractivity contribution in [3.63, 3.8) is 0 Å². The van der Waals surface area contributed by atoms with Crippen molar-refractivity contribution in [3.05, 3.63) is 12.2 Å². The van der Waals surface area contributed by atoms with Gasteiger partial charge in [0, 0.05) is 6.04 Å². The van der Waals surface area contributed by atoms with Gasteiger partial charge in [-0.25, -0.2) is 4.79 Å². The highest BCUT2D eigenvalue weighted by Gasteiger charge is 2.13. The average Bonchev–Trinajstić information content (AvgIpc) is 2.08. The number of nitrogens with one attached hydrogen (secondary N) is 1. The van der Waals surface area contributed by atoms with Crippen LogP contribution in [0.1, 0.15) is 25.7 Å². The summed E-state index contributed by atoms with van der Waals surface area (Å²) in [6.07, 6.45) is 8.03. The van der Waals surface area contributed by atoms with Gasteiger partial charge in [0.15, 0.2) is 0 Å². The molecule has 0 saturated heterocycles. The van der Waals surface area contributed by atoms with E-state index in [4.69, 9.17) is 4.74 Å². The Hall–Kier alpha value is -0.480. The van der Waals surface area contributed by atoms with E-state index >= 15 is 0 Å². The topological polar surface area (TPSA) is 38.3 Å². The van der Waals surface area contributed by atoms with Crippen LogP contribution in [0.5, 0.6) is 0 Å². The van der Waals surface area contributed by atoms with E-state index < -0.39 is 5.30 Å². The number of hydrogen-bond donors (Lipinski definition) is 2. The van der Waals surface area contributed by atoms with Crippen LogP contribution < -0.4 is 5.32 Å². The molecule has 1 rings (SSSR count). The molecule has 0 heterocycles. The first-order valence-corrected chi connectivity index (χ1v) is 5.40. The van der Waals surface area contributed by atoms with Gasteiger partial charge in [-0.05, 0) is 38.8 Å². The van der Waals surface area contributed by atoms with Gasteiger partial charge in [-0.15, -0.1) is 0 Å². The fraction of sp³-hybridized carbons (Fsp3) is 0.700. The Labute approximate surface area is 90.3 Å². The van der Waals surface area contributed by atoms with Crippen molar-refractivity contribution in [2.45, 2.75) is 37.8 Å². The van der Waals surface area contributed by atoms with E-state index in [0.29, 0.717) is 6.04 Å². The van der Waals surface area contributed by atoms with Crippen molar-refractivity contribution in [1.29, 1.82) is 0 Å². The Morgan fingerprint density at radius 3 is 3.00 bits per heavy atom. The minimum atomic E-state index is -0.495. The van der Waals surface area contributed by atoms with E-state index in [0.717, 1.165) is 25.7 Å². The molecular formula is C10H17NO2S. The maximum Gasteiger partial charge on any atom is 0.364 e. The maximum atomic E-state index is 10.6. The molecular weight excluding hydrogens is 198 g/mol. The number of rotatable bonds is 2. The lowest BCUT2D eigenvalue weighted by atomic mass is 10.0. The molecule has 2 atom stereocenters. The Morgan fingerprint density at radius 1 is 1.57 bits per heavy atom. The molecule has 0 fully saturated rings. The lowest BCUT2D eigenvalue weighted by Gasteiger charge is -2.19. The predicted octanol–water partition coefficient (Wildman–Crippen LogP) is 2.14. The second-order valence-electron chi connectivity index (χ2n) is 3.50. The number of carbonyl (C=O) groups excluding carboxylic acids is 1. The molecule has 80 valence electrons. The number of hydrogen-bond acceptors (Lipinski definition) is 3. The van der Waals surface area contributed by atoms with E-state index in [2.05, 4.69) is 24.0 Å². The molecule has 0 amide bonds. The summed E-state index contributed by atoms with van der Waals surface area (Å²) in [5.41, 5.74) is 0. The molecule has 2 unspecified atom stereocenters. The molecule has 0 bridgehead atoms. The third-order valence-electron chi connectivity index (χ3n) is 2.47. The molecule has 1 aliphatic rings. The molecule has 0 aliphatic heterocycles. The SMILES string of the molecule is CNC1C/C=C/C(OC(=O)S)CCC1. The molecule has 0 aromatic rings. The van der Waals surface area contributed by atoms with Gasteiger partial charge < -0.3 is 10.1 Å². The highest BCUT2D eigenvalue weighted by molar-refractivity contribution is 7.96. The monoisotopic (exact) mass is 215 g/mol. The van der Waals surface area contributed by atoms with Gasteiger partial charge in [0.05, 0.1) is 0 Å². The second-order valence-corrected chi connectivity index (χ2v) is 3.87. The van der Waals surface area contributed by atoms with Gasteiger partial charge in [-0.1, -0.05) is 18.7 Å². The van der Waals surface area contributed by atoms with Crippen molar-refractivity contribution in [2.24, 2.45) is 0 Å². The van der Waals surface area contributed by atoms with Crippen LogP contribution in [-0.2, 0) is 4.74 Å². The summed E-state index contributed by atoms with van der Waals surface area (Å²) in [5.74, 6) is 0. The Bertz CT molecular complexity index is 218. The predicted molar refractivity (Wildman–Crippen MR) is 59.7 cm³/mol.